The molecule has 0 spiro atoms. The number of carbonyl (C=O) groups excluding carboxylic acids is 2. The van der Waals surface area contributed by atoms with Gasteiger partial charge in [-0.15, -0.1) is 0 Å². The summed E-state index contributed by atoms with van der Waals surface area (Å²) >= 11 is 1.98. The fourth-order valence-corrected chi connectivity index (χ4v) is 5.20. The van der Waals surface area contributed by atoms with Crippen LogP contribution in [0.15, 0.2) is 24.3 Å². The highest BCUT2D eigenvalue weighted by molar-refractivity contribution is 14.2. The summed E-state index contributed by atoms with van der Waals surface area (Å²) in [6.45, 7) is 4.00. The van der Waals surface area contributed by atoms with Gasteiger partial charge in [0, 0.05) is 12.0 Å². The van der Waals surface area contributed by atoms with Crippen LogP contribution in [0, 0.1) is 5.92 Å². The van der Waals surface area contributed by atoms with Crippen molar-refractivity contribution in [3.8, 4) is 5.75 Å². The second kappa shape index (κ2) is 11.9. The molecule has 1 aliphatic carbocycles. The minimum Gasteiger partial charge on any atom is -0.494 e. The number of imidazole rings is 1. The third-order valence-corrected chi connectivity index (χ3v) is 7.07. The third kappa shape index (κ3) is 5.80. The van der Waals surface area contributed by atoms with Gasteiger partial charge in [-0.3, -0.25) is 9.13 Å². The van der Waals surface area contributed by atoms with Gasteiger partial charge < -0.3 is 20.1 Å². The Morgan fingerprint density at radius 3 is 2.49 bits per heavy atom. The molecule has 2 N–H and O–H groups in total. The second-order valence-corrected chi connectivity index (χ2v) is 9.25. The van der Waals surface area contributed by atoms with Crippen LogP contribution in [0.25, 0.3) is 11.2 Å². The number of amides is 1. The number of nitrogens with one attached hydrogen (secondary N) is 2. The zero-order valence-electron chi connectivity index (χ0n) is 19.5. The van der Waals surface area contributed by atoms with E-state index in [0.29, 0.717) is 11.4 Å². The molecule has 2 heterocycles. The molecule has 0 aliphatic heterocycles. The number of methoxy groups -OCH3 is 2. The van der Waals surface area contributed by atoms with E-state index in [1.807, 2.05) is 35.9 Å². The molecule has 1 amide bonds. The summed E-state index contributed by atoms with van der Waals surface area (Å²) in [6, 6.07) is 6.35. The molecule has 3 aromatic rings. The minimum atomic E-state index is -2.81. The van der Waals surface area contributed by atoms with Gasteiger partial charge in [-0.2, -0.15) is 0 Å². The van der Waals surface area contributed by atoms with Gasteiger partial charge in [-0.1, -0.05) is 19.9 Å². The first kappa shape index (κ1) is 27.0. The van der Waals surface area contributed by atoms with Gasteiger partial charge in [0.2, 0.25) is 5.91 Å². The molecule has 188 valence electrons. The smallest absolute Gasteiger partial charge is 0.341 e. The molecule has 1 aliphatic rings. The van der Waals surface area contributed by atoms with E-state index in [9.17, 15) is 18.4 Å². The Balaban J connectivity index is 0.00000167. The average molecular weight is 619 g/mol. The van der Waals surface area contributed by atoms with Crippen molar-refractivity contribution in [1.82, 2.24) is 14.3 Å². The fraction of sp³-hybridized carbons (Fsp3) is 0.364. The van der Waals surface area contributed by atoms with Gasteiger partial charge >= 0.3 is 5.97 Å². The number of benzene rings is 1. The number of hydrogen-bond acceptors (Lipinski definition) is 7. The topological polar surface area (TPSA) is 107 Å². The number of aromatic nitrogens is 3. The zero-order chi connectivity index (χ0) is 25.7. The van der Waals surface area contributed by atoms with Crippen molar-refractivity contribution < 1.29 is 27.8 Å². The van der Waals surface area contributed by atoms with E-state index in [4.69, 9.17) is 9.47 Å². The molecule has 4 rings (SSSR count). The second-order valence-electron chi connectivity index (χ2n) is 7.18. The number of pyridine rings is 1. The third-order valence-electron chi connectivity index (χ3n) is 5.01. The van der Waals surface area contributed by atoms with E-state index in [-0.39, 0.29) is 46.5 Å². The number of rotatable bonds is 8. The number of fused-ring (bicyclic) bond motifs is 1. The largest absolute Gasteiger partial charge is 0.494 e. The number of para-hydroxylation sites is 1. The Hall–Kier alpha value is -2.60. The van der Waals surface area contributed by atoms with E-state index < -0.39 is 18.2 Å². The van der Waals surface area contributed by atoms with Crippen molar-refractivity contribution in [2.45, 2.75) is 33.1 Å². The van der Waals surface area contributed by atoms with Crippen LogP contribution in [0.2, 0.25) is 0 Å². The van der Waals surface area contributed by atoms with Crippen molar-refractivity contribution in [3.63, 3.8) is 0 Å². The van der Waals surface area contributed by atoms with Crippen molar-refractivity contribution in [3.05, 3.63) is 35.7 Å². The lowest BCUT2D eigenvalue weighted by Gasteiger charge is -2.15. The van der Waals surface area contributed by atoms with Crippen molar-refractivity contribution in [2.24, 2.45) is 5.92 Å². The van der Waals surface area contributed by atoms with Crippen molar-refractivity contribution in [1.29, 1.82) is 0 Å². The molecule has 35 heavy (non-hydrogen) atoms. The van der Waals surface area contributed by atoms with Crippen LogP contribution in [0.5, 0.6) is 5.75 Å². The maximum Gasteiger partial charge on any atom is 0.341 e. The summed E-state index contributed by atoms with van der Waals surface area (Å²) in [5.74, 6) is -0.833. The summed E-state index contributed by atoms with van der Waals surface area (Å²) in [6.07, 6.45) is -1.29. The summed E-state index contributed by atoms with van der Waals surface area (Å²) in [4.78, 5) is 33.0. The van der Waals surface area contributed by atoms with Crippen LogP contribution in [0.1, 0.15) is 49.3 Å². The van der Waals surface area contributed by atoms with Crippen LogP contribution >= 0.6 is 28.4 Å². The lowest BCUT2D eigenvalue weighted by molar-refractivity contribution is -0.117. The van der Waals surface area contributed by atoms with E-state index in [1.54, 1.807) is 18.2 Å². The predicted molar refractivity (Wildman–Crippen MR) is 141 cm³/mol. The maximum absolute atomic E-state index is 13.7. The van der Waals surface area contributed by atoms with E-state index in [2.05, 4.69) is 20.6 Å². The molecule has 9 nitrogen and oxygen atoms in total. The first-order valence-corrected chi connectivity index (χ1v) is 14.9. The van der Waals surface area contributed by atoms with Gasteiger partial charge in [0.1, 0.15) is 16.9 Å². The number of halogens is 3. The Bertz CT molecular complexity index is 1240. The van der Waals surface area contributed by atoms with Gasteiger partial charge in [-0.25, -0.2) is 23.5 Å². The standard InChI is InChI=1S/C20H19F2IN5O4P.C2H6/c1-31-15-10(20(30)32-2)4-3-5-11(15)24-12-8-13(26-19(29)9-6-7-9)25-17-14(12)27-18(16(21)22)28(17)33-23;1-2/h3-5,8-9,16,33H,6-7H2,1-2H3,(H2,24,25,26,29);1-2H3. The monoisotopic (exact) mass is 619 g/mol. The van der Waals surface area contributed by atoms with Crippen LogP contribution in [0.4, 0.5) is 26.0 Å². The lowest BCUT2D eigenvalue weighted by atomic mass is 10.1. The molecule has 1 atom stereocenters. The summed E-state index contributed by atoms with van der Waals surface area (Å²) in [5.41, 5.74) is 1.30. The average Bonchev–Trinajstić information content (AvgIpc) is 3.65. The fourth-order valence-electron chi connectivity index (χ4n) is 3.30. The molecule has 1 fully saturated rings. The molecular weight excluding hydrogens is 594 g/mol. The molecule has 13 heteroatoms. The highest BCUT2D eigenvalue weighted by Crippen LogP contribution is 2.40. The quantitative estimate of drug-likeness (QED) is 0.179. The van der Waals surface area contributed by atoms with Crippen molar-refractivity contribution in [2.75, 3.05) is 24.9 Å². The van der Waals surface area contributed by atoms with E-state index in [1.165, 1.54) is 24.6 Å². The summed E-state index contributed by atoms with van der Waals surface area (Å²) in [7, 11) is 2.66. The highest BCUT2D eigenvalue weighted by Gasteiger charge is 2.30. The van der Waals surface area contributed by atoms with Crippen molar-refractivity contribution >= 4 is 68.6 Å². The Morgan fingerprint density at radius 1 is 1.20 bits per heavy atom. The number of alkyl halides is 2. The van der Waals surface area contributed by atoms with Gasteiger partial charge in [0.05, 0.1) is 32.0 Å². The molecule has 2 aromatic heterocycles. The van der Waals surface area contributed by atoms with Gasteiger partial charge in [0.25, 0.3) is 6.43 Å². The molecule has 0 radical (unpaired) electrons. The normalized spacial score (nSPS) is 13.0. The highest BCUT2D eigenvalue weighted by atomic mass is 127. The number of carbonyl (C=O) groups is 2. The van der Waals surface area contributed by atoms with Crippen LogP contribution in [-0.4, -0.2) is 40.4 Å². The van der Waals surface area contributed by atoms with Crippen LogP contribution in [0.3, 0.4) is 0 Å². The van der Waals surface area contributed by atoms with E-state index in [0.717, 1.165) is 12.8 Å². The number of esters is 1. The molecule has 1 unspecified atom stereocenters. The number of anilines is 3. The van der Waals surface area contributed by atoms with Gasteiger partial charge in [-0.05, 0) is 47.0 Å². The predicted octanol–water partition coefficient (Wildman–Crippen LogP) is 6.07. The molecular formula is C22H25F2IN5O4P. The van der Waals surface area contributed by atoms with Crippen LogP contribution in [-0.2, 0) is 9.53 Å². The minimum absolute atomic E-state index is 0.0660. The Kier molecular flexibility index (Phi) is 9.17. The maximum atomic E-state index is 13.7. The zero-order valence-corrected chi connectivity index (χ0v) is 22.6. The Labute approximate surface area is 215 Å². The summed E-state index contributed by atoms with van der Waals surface area (Å²) in [5, 5.41) is 5.86. The molecule has 0 saturated heterocycles. The first-order chi connectivity index (χ1) is 16.9. The number of hydrogen-bond donors (Lipinski definition) is 2. The SMILES string of the molecule is CC.COC(=O)c1cccc(Nc2cc(NC(=O)C3CC3)nc3c2nc(C(F)F)n3PI)c1OC. The lowest BCUT2D eigenvalue weighted by Crippen LogP contribution is -2.14. The molecule has 1 saturated carbocycles. The van der Waals surface area contributed by atoms with Gasteiger partial charge in [0.15, 0.2) is 17.2 Å². The number of nitrogens with zero attached hydrogens (tertiary/aromatic N) is 3. The van der Waals surface area contributed by atoms with Crippen LogP contribution < -0.4 is 15.4 Å². The first-order valence-electron chi connectivity index (χ1n) is 10.8. The Morgan fingerprint density at radius 2 is 1.91 bits per heavy atom. The molecule has 0 bridgehead atoms. The number of ether oxygens (including phenoxy) is 2. The van der Waals surface area contributed by atoms with E-state index >= 15 is 0 Å². The molecule has 1 aromatic carbocycles. The summed E-state index contributed by atoms with van der Waals surface area (Å²) < 4.78 is 38.9.